The van der Waals surface area contributed by atoms with Crippen LogP contribution in [0.4, 0.5) is 5.69 Å². The Morgan fingerprint density at radius 3 is 2.92 bits per heavy atom. The fraction of sp³-hybridized carbons (Fsp3) is 0.278. The lowest BCUT2D eigenvalue weighted by molar-refractivity contribution is 0.195. The van der Waals surface area contributed by atoms with Gasteiger partial charge in [-0.1, -0.05) is 43.3 Å². The minimum absolute atomic E-state index is 0.466. The fourth-order valence-corrected chi connectivity index (χ4v) is 3.45. The summed E-state index contributed by atoms with van der Waals surface area (Å²) in [7, 11) is 0. The van der Waals surface area contributed by atoms with Crippen LogP contribution in [0.5, 0.6) is 5.88 Å². The van der Waals surface area contributed by atoms with Crippen molar-refractivity contribution < 1.29 is 9.15 Å². The van der Waals surface area contributed by atoms with Crippen LogP contribution in [0.2, 0.25) is 0 Å². The van der Waals surface area contributed by atoms with Crippen molar-refractivity contribution in [3.63, 3.8) is 0 Å². The molecule has 6 nitrogen and oxygen atoms in total. The third-order valence-corrected chi connectivity index (χ3v) is 4.79. The van der Waals surface area contributed by atoms with Crippen LogP contribution in [0.25, 0.3) is 11.3 Å². The van der Waals surface area contributed by atoms with Crippen LogP contribution in [0.3, 0.4) is 0 Å². The van der Waals surface area contributed by atoms with Crippen LogP contribution in [-0.4, -0.2) is 20.9 Å². The minimum atomic E-state index is -0.470. The molecule has 0 bridgehead atoms. The minimum Gasteiger partial charge on any atom is -0.463 e. The Balaban J connectivity index is 1.73. The van der Waals surface area contributed by atoms with Gasteiger partial charge in [0.05, 0.1) is 6.26 Å². The second-order valence-electron chi connectivity index (χ2n) is 5.65. The SMILES string of the molecule is CCCCSc1nnc2c(n1)O[C@H](c1ccco1)Nc1ccccc1-2. The summed E-state index contributed by atoms with van der Waals surface area (Å²) in [6.45, 7) is 2.16. The average Bonchev–Trinajstić information content (AvgIpc) is 3.12. The van der Waals surface area contributed by atoms with E-state index in [9.17, 15) is 0 Å². The van der Waals surface area contributed by atoms with E-state index in [4.69, 9.17) is 9.15 Å². The van der Waals surface area contributed by atoms with E-state index in [2.05, 4.69) is 27.4 Å². The fourth-order valence-electron chi connectivity index (χ4n) is 2.59. The summed E-state index contributed by atoms with van der Waals surface area (Å²) >= 11 is 1.60. The van der Waals surface area contributed by atoms with Crippen molar-refractivity contribution in [3.8, 4) is 17.1 Å². The van der Waals surface area contributed by atoms with Gasteiger partial charge >= 0.3 is 0 Å². The van der Waals surface area contributed by atoms with E-state index < -0.39 is 6.23 Å². The Kier molecular flexibility index (Phi) is 4.56. The van der Waals surface area contributed by atoms with Crippen molar-refractivity contribution in [1.82, 2.24) is 15.2 Å². The number of para-hydroxylation sites is 1. The van der Waals surface area contributed by atoms with Crippen LogP contribution >= 0.6 is 11.8 Å². The Bertz CT molecular complexity index is 854. The number of anilines is 1. The van der Waals surface area contributed by atoms with Gasteiger partial charge in [0.1, 0.15) is 0 Å². The predicted octanol–water partition coefficient (Wildman–Crippen LogP) is 4.53. The number of thioether (sulfide) groups is 1. The maximum Gasteiger partial charge on any atom is 0.247 e. The van der Waals surface area contributed by atoms with Gasteiger partial charge in [-0.25, -0.2) is 0 Å². The van der Waals surface area contributed by atoms with Crippen molar-refractivity contribution >= 4 is 17.4 Å². The third-order valence-electron chi connectivity index (χ3n) is 3.86. The highest BCUT2D eigenvalue weighted by Gasteiger charge is 2.27. The largest absolute Gasteiger partial charge is 0.463 e. The second kappa shape index (κ2) is 7.14. The molecule has 1 aromatic carbocycles. The zero-order valence-electron chi connectivity index (χ0n) is 13.8. The van der Waals surface area contributed by atoms with Crippen LogP contribution in [0.15, 0.2) is 52.2 Å². The Labute approximate surface area is 150 Å². The molecule has 0 radical (unpaired) electrons. The number of fused-ring (bicyclic) bond motifs is 3. The maximum absolute atomic E-state index is 6.10. The van der Waals surface area contributed by atoms with E-state index >= 15 is 0 Å². The van der Waals surface area contributed by atoms with E-state index in [1.807, 2.05) is 36.4 Å². The summed E-state index contributed by atoms with van der Waals surface area (Å²) in [5.41, 5.74) is 2.46. The lowest BCUT2D eigenvalue weighted by Crippen LogP contribution is -2.16. The van der Waals surface area contributed by atoms with Crippen molar-refractivity contribution in [2.24, 2.45) is 0 Å². The molecule has 128 valence electrons. The first-order valence-corrected chi connectivity index (χ1v) is 9.27. The van der Waals surface area contributed by atoms with E-state index in [-0.39, 0.29) is 0 Å². The zero-order valence-corrected chi connectivity index (χ0v) is 14.6. The Morgan fingerprint density at radius 1 is 1.16 bits per heavy atom. The molecule has 25 heavy (non-hydrogen) atoms. The molecule has 3 aromatic rings. The molecule has 0 spiro atoms. The lowest BCUT2D eigenvalue weighted by Gasteiger charge is -2.16. The number of nitrogens with one attached hydrogen (secondary N) is 1. The van der Waals surface area contributed by atoms with E-state index in [1.165, 1.54) is 0 Å². The molecule has 7 heteroatoms. The first-order chi connectivity index (χ1) is 12.3. The number of furan rings is 1. The molecule has 0 saturated carbocycles. The summed E-state index contributed by atoms with van der Waals surface area (Å²) in [4.78, 5) is 4.59. The number of hydrogen-bond acceptors (Lipinski definition) is 7. The van der Waals surface area contributed by atoms with Crippen LogP contribution in [-0.2, 0) is 0 Å². The van der Waals surface area contributed by atoms with Crippen molar-refractivity contribution in [3.05, 3.63) is 48.4 Å². The first kappa shape index (κ1) is 16.0. The van der Waals surface area contributed by atoms with Gasteiger partial charge < -0.3 is 14.5 Å². The van der Waals surface area contributed by atoms with Gasteiger partial charge in [0.2, 0.25) is 17.3 Å². The van der Waals surface area contributed by atoms with Gasteiger partial charge in [-0.2, -0.15) is 4.98 Å². The lowest BCUT2D eigenvalue weighted by atomic mass is 10.1. The van der Waals surface area contributed by atoms with Crippen LogP contribution in [0.1, 0.15) is 31.8 Å². The smallest absolute Gasteiger partial charge is 0.247 e. The second-order valence-corrected chi connectivity index (χ2v) is 6.72. The molecule has 4 rings (SSSR count). The molecular weight excluding hydrogens is 336 g/mol. The Morgan fingerprint density at radius 2 is 2.08 bits per heavy atom. The predicted molar refractivity (Wildman–Crippen MR) is 96.6 cm³/mol. The first-order valence-electron chi connectivity index (χ1n) is 8.28. The molecular formula is C18H18N4O2S. The van der Waals surface area contributed by atoms with Gasteiger partial charge in [-0.3, -0.25) is 0 Å². The molecule has 0 aliphatic carbocycles. The molecule has 2 aromatic heterocycles. The van der Waals surface area contributed by atoms with Crippen molar-refractivity contribution in [2.45, 2.75) is 31.1 Å². The number of benzene rings is 1. The van der Waals surface area contributed by atoms with E-state index in [1.54, 1.807) is 18.0 Å². The number of rotatable bonds is 5. The highest BCUT2D eigenvalue weighted by Crippen LogP contribution is 2.39. The molecule has 0 saturated heterocycles. The maximum atomic E-state index is 6.10. The quantitative estimate of drug-likeness (QED) is 0.533. The normalized spacial score (nSPS) is 15.5. The van der Waals surface area contributed by atoms with Crippen LogP contribution in [0, 0.1) is 0 Å². The van der Waals surface area contributed by atoms with E-state index in [0.29, 0.717) is 22.5 Å². The number of aromatic nitrogens is 3. The summed E-state index contributed by atoms with van der Waals surface area (Å²) in [6, 6.07) is 11.6. The molecule has 1 atom stereocenters. The molecule has 0 unspecified atom stereocenters. The van der Waals surface area contributed by atoms with Crippen molar-refractivity contribution in [1.29, 1.82) is 0 Å². The molecule has 1 aliphatic rings. The third kappa shape index (κ3) is 3.32. The molecule has 0 fully saturated rings. The van der Waals surface area contributed by atoms with Crippen molar-refractivity contribution in [2.75, 3.05) is 11.1 Å². The summed E-state index contributed by atoms with van der Waals surface area (Å²) < 4.78 is 11.6. The molecule has 1 N–H and O–H groups in total. The number of unbranched alkanes of at least 4 members (excludes halogenated alkanes) is 1. The molecule has 1 aliphatic heterocycles. The highest BCUT2D eigenvalue weighted by atomic mass is 32.2. The van der Waals surface area contributed by atoms with Gasteiger partial charge in [0.25, 0.3) is 0 Å². The molecule has 3 heterocycles. The average molecular weight is 354 g/mol. The number of ether oxygens (including phenoxy) is 1. The monoisotopic (exact) mass is 354 g/mol. The highest BCUT2D eigenvalue weighted by molar-refractivity contribution is 7.99. The van der Waals surface area contributed by atoms with Gasteiger partial charge in [-0.15, -0.1) is 10.2 Å². The van der Waals surface area contributed by atoms with Gasteiger partial charge in [-0.05, 0) is 24.6 Å². The standard InChI is InChI=1S/C18H18N4O2S/c1-2-3-11-25-18-20-17-15(21-22-18)12-7-4-5-8-13(12)19-16(24-17)14-9-6-10-23-14/h4-10,16,19H,2-3,11H2,1H3/t16-/m1/s1. The summed E-state index contributed by atoms with van der Waals surface area (Å²) in [6.07, 6.45) is 3.41. The summed E-state index contributed by atoms with van der Waals surface area (Å²) in [5, 5.41) is 12.6. The molecule has 0 amide bonds. The zero-order chi connectivity index (χ0) is 17.1. The van der Waals surface area contributed by atoms with Gasteiger partial charge in [0, 0.05) is 17.0 Å². The van der Waals surface area contributed by atoms with E-state index in [0.717, 1.165) is 29.8 Å². The number of nitrogens with zero attached hydrogens (tertiary/aromatic N) is 3. The topological polar surface area (TPSA) is 73.1 Å². The number of hydrogen-bond donors (Lipinski definition) is 1. The summed E-state index contributed by atoms with van der Waals surface area (Å²) in [5.74, 6) is 2.11. The van der Waals surface area contributed by atoms with Gasteiger partial charge in [0.15, 0.2) is 11.5 Å². The van der Waals surface area contributed by atoms with Crippen LogP contribution < -0.4 is 10.1 Å². The Hall–Kier alpha value is -2.54.